The number of piperidine rings is 1. The zero-order valence-electron chi connectivity index (χ0n) is 19.0. The lowest BCUT2D eigenvalue weighted by atomic mass is 9.96. The lowest BCUT2D eigenvalue weighted by Gasteiger charge is -2.34. The Balaban J connectivity index is 1.68. The van der Waals surface area contributed by atoms with Crippen LogP contribution in [0.5, 0.6) is 17.2 Å². The second-order valence-corrected chi connectivity index (χ2v) is 8.82. The lowest BCUT2D eigenvalue weighted by Crippen LogP contribution is -2.43. The molecule has 1 atom stereocenters. The standard InChI is InChI=1S/C24H30Cl2N2O4/c1-27(13-16-11-21(30-2)23(32-4)22(12-16)31-3)24(29)17-7-6-10-28(14-17)15-18-19(25)8-5-9-20(18)26/h5,8-9,11-12,17H,6-7,10,13-15H2,1-4H3/t17-/m0/s1. The molecule has 1 amide bonds. The van der Waals surface area contributed by atoms with Crippen molar-refractivity contribution in [2.75, 3.05) is 41.5 Å². The number of rotatable bonds is 8. The van der Waals surface area contributed by atoms with Crippen LogP contribution in [0.2, 0.25) is 10.0 Å². The number of halogens is 2. The molecule has 0 aromatic heterocycles. The van der Waals surface area contributed by atoms with Crippen LogP contribution in [0.1, 0.15) is 24.0 Å². The van der Waals surface area contributed by atoms with Crippen LogP contribution in [0.3, 0.4) is 0 Å². The van der Waals surface area contributed by atoms with Gasteiger partial charge in [0.2, 0.25) is 11.7 Å². The van der Waals surface area contributed by atoms with E-state index in [0.717, 1.165) is 30.5 Å². The zero-order chi connectivity index (χ0) is 23.3. The third kappa shape index (κ3) is 5.61. The minimum Gasteiger partial charge on any atom is -0.493 e. The van der Waals surface area contributed by atoms with E-state index in [1.54, 1.807) is 26.2 Å². The molecule has 1 aliphatic heterocycles. The van der Waals surface area contributed by atoms with Crippen molar-refractivity contribution >= 4 is 29.1 Å². The Hall–Kier alpha value is -2.15. The Kier molecular flexibility index (Phi) is 8.51. The van der Waals surface area contributed by atoms with E-state index < -0.39 is 0 Å². The molecule has 0 unspecified atom stereocenters. The van der Waals surface area contributed by atoms with Gasteiger partial charge in [-0.2, -0.15) is 0 Å². The quantitative estimate of drug-likeness (QED) is 0.538. The summed E-state index contributed by atoms with van der Waals surface area (Å²) < 4.78 is 16.2. The molecule has 0 N–H and O–H groups in total. The van der Waals surface area contributed by atoms with Crippen LogP contribution < -0.4 is 14.2 Å². The first-order chi connectivity index (χ1) is 15.4. The third-order valence-corrected chi connectivity index (χ3v) is 6.53. The Morgan fingerprint density at radius 3 is 2.28 bits per heavy atom. The van der Waals surface area contributed by atoms with Crippen molar-refractivity contribution in [2.45, 2.75) is 25.9 Å². The SMILES string of the molecule is COc1cc(CN(C)C(=O)[C@H]2CCCN(Cc3c(Cl)cccc3Cl)C2)cc(OC)c1OC. The predicted molar refractivity (Wildman–Crippen MR) is 127 cm³/mol. The van der Waals surface area contributed by atoms with E-state index in [2.05, 4.69) is 4.90 Å². The highest BCUT2D eigenvalue weighted by Gasteiger charge is 2.29. The molecule has 8 heteroatoms. The van der Waals surface area contributed by atoms with Crippen molar-refractivity contribution < 1.29 is 19.0 Å². The molecular weight excluding hydrogens is 451 g/mol. The van der Waals surface area contributed by atoms with Gasteiger partial charge in [0, 0.05) is 42.3 Å². The topological polar surface area (TPSA) is 51.2 Å². The molecule has 2 aromatic rings. The zero-order valence-corrected chi connectivity index (χ0v) is 20.5. The smallest absolute Gasteiger partial charge is 0.227 e. The van der Waals surface area contributed by atoms with Crippen molar-refractivity contribution in [2.24, 2.45) is 5.92 Å². The molecule has 3 rings (SSSR count). The first kappa shape index (κ1) is 24.5. The summed E-state index contributed by atoms with van der Waals surface area (Å²) in [6.07, 6.45) is 1.82. The number of nitrogens with zero attached hydrogens (tertiary/aromatic N) is 2. The van der Waals surface area contributed by atoms with Crippen LogP contribution in [-0.4, -0.2) is 57.2 Å². The van der Waals surface area contributed by atoms with Gasteiger partial charge in [0.1, 0.15) is 0 Å². The highest BCUT2D eigenvalue weighted by molar-refractivity contribution is 6.35. The van der Waals surface area contributed by atoms with E-state index in [1.807, 2.05) is 37.4 Å². The van der Waals surface area contributed by atoms with Crippen molar-refractivity contribution in [1.29, 1.82) is 0 Å². The number of hydrogen-bond acceptors (Lipinski definition) is 5. The molecule has 2 aromatic carbocycles. The van der Waals surface area contributed by atoms with Gasteiger partial charge >= 0.3 is 0 Å². The first-order valence-corrected chi connectivity index (χ1v) is 11.3. The van der Waals surface area contributed by atoms with Crippen molar-refractivity contribution in [1.82, 2.24) is 9.80 Å². The summed E-state index contributed by atoms with van der Waals surface area (Å²) in [5.74, 6) is 1.73. The summed E-state index contributed by atoms with van der Waals surface area (Å²) in [5, 5.41) is 1.32. The normalized spacial score (nSPS) is 16.5. The summed E-state index contributed by atoms with van der Waals surface area (Å²) in [5.41, 5.74) is 1.82. The molecule has 1 fully saturated rings. The van der Waals surface area contributed by atoms with Gasteiger partial charge in [0.15, 0.2) is 11.5 Å². The largest absolute Gasteiger partial charge is 0.493 e. The maximum Gasteiger partial charge on any atom is 0.227 e. The van der Waals surface area contributed by atoms with Crippen molar-refractivity contribution in [3.63, 3.8) is 0 Å². The van der Waals surface area contributed by atoms with Crippen LogP contribution in [0, 0.1) is 5.92 Å². The van der Waals surface area contributed by atoms with Crippen LogP contribution in [0.25, 0.3) is 0 Å². The van der Waals surface area contributed by atoms with Crippen molar-refractivity contribution in [3.05, 3.63) is 51.5 Å². The minimum atomic E-state index is -0.0722. The number of carbonyl (C=O) groups excluding carboxylic acids is 1. The second kappa shape index (κ2) is 11.1. The van der Waals surface area contributed by atoms with Gasteiger partial charge in [0.25, 0.3) is 0 Å². The van der Waals surface area contributed by atoms with Gasteiger partial charge < -0.3 is 19.1 Å². The summed E-state index contributed by atoms with van der Waals surface area (Å²) in [4.78, 5) is 17.2. The van der Waals surface area contributed by atoms with Gasteiger partial charge in [-0.05, 0) is 49.2 Å². The van der Waals surface area contributed by atoms with Crippen LogP contribution in [0.4, 0.5) is 0 Å². The number of ether oxygens (including phenoxy) is 3. The predicted octanol–water partition coefficient (Wildman–Crippen LogP) is 4.89. The van der Waals surface area contributed by atoms with E-state index in [0.29, 0.717) is 46.9 Å². The van der Waals surface area contributed by atoms with Crippen LogP contribution >= 0.6 is 23.2 Å². The number of carbonyl (C=O) groups is 1. The molecule has 0 saturated carbocycles. The van der Waals surface area contributed by atoms with Crippen molar-refractivity contribution in [3.8, 4) is 17.2 Å². The van der Waals surface area contributed by atoms with Gasteiger partial charge in [-0.1, -0.05) is 29.3 Å². The van der Waals surface area contributed by atoms with E-state index in [9.17, 15) is 4.79 Å². The third-order valence-electron chi connectivity index (χ3n) is 5.82. The van der Waals surface area contributed by atoms with Crippen LogP contribution in [-0.2, 0) is 17.9 Å². The van der Waals surface area contributed by atoms with E-state index in [-0.39, 0.29) is 11.8 Å². The Bertz CT molecular complexity index is 908. The fraction of sp³-hybridized carbons (Fsp3) is 0.458. The maximum absolute atomic E-state index is 13.2. The molecule has 1 heterocycles. The highest BCUT2D eigenvalue weighted by Crippen LogP contribution is 2.38. The molecule has 32 heavy (non-hydrogen) atoms. The van der Waals surface area contributed by atoms with E-state index in [1.165, 1.54) is 0 Å². The number of likely N-dealkylation sites (tertiary alicyclic amines) is 1. The monoisotopic (exact) mass is 480 g/mol. The minimum absolute atomic E-state index is 0.0722. The Morgan fingerprint density at radius 2 is 1.72 bits per heavy atom. The number of amides is 1. The average molecular weight is 481 g/mol. The molecule has 1 saturated heterocycles. The molecule has 1 aliphatic rings. The highest BCUT2D eigenvalue weighted by atomic mass is 35.5. The summed E-state index contributed by atoms with van der Waals surface area (Å²) in [6, 6.07) is 9.28. The number of benzene rings is 2. The van der Waals surface area contributed by atoms with E-state index >= 15 is 0 Å². The summed E-state index contributed by atoms with van der Waals surface area (Å²) in [7, 11) is 6.56. The molecule has 0 aliphatic carbocycles. The molecule has 0 spiro atoms. The van der Waals surface area contributed by atoms with Gasteiger partial charge in [0.05, 0.1) is 27.2 Å². The molecule has 174 valence electrons. The maximum atomic E-state index is 13.2. The number of hydrogen-bond donors (Lipinski definition) is 0. The summed E-state index contributed by atoms with van der Waals surface area (Å²) >= 11 is 12.7. The van der Waals surface area contributed by atoms with E-state index in [4.69, 9.17) is 37.4 Å². The first-order valence-electron chi connectivity index (χ1n) is 10.6. The fourth-order valence-corrected chi connectivity index (χ4v) is 4.71. The van der Waals surface area contributed by atoms with Gasteiger partial charge in [-0.3, -0.25) is 9.69 Å². The molecule has 0 radical (unpaired) electrons. The molecule has 0 bridgehead atoms. The summed E-state index contributed by atoms with van der Waals surface area (Å²) in [6.45, 7) is 2.68. The Labute approximate surface area is 199 Å². The lowest BCUT2D eigenvalue weighted by molar-refractivity contribution is -0.136. The molecule has 6 nitrogen and oxygen atoms in total. The van der Waals surface area contributed by atoms with Gasteiger partial charge in [-0.25, -0.2) is 0 Å². The second-order valence-electron chi connectivity index (χ2n) is 8.00. The van der Waals surface area contributed by atoms with Crippen LogP contribution in [0.15, 0.2) is 30.3 Å². The average Bonchev–Trinajstić information content (AvgIpc) is 2.80. The fourth-order valence-electron chi connectivity index (χ4n) is 4.20. The number of methoxy groups -OCH3 is 3. The van der Waals surface area contributed by atoms with Gasteiger partial charge in [-0.15, -0.1) is 0 Å². The molecular formula is C24H30Cl2N2O4. The Morgan fingerprint density at radius 1 is 1.09 bits per heavy atom.